The summed E-state index contributed by atoms with van der Waals surface area (Å²) in [5.74, 6) is -3.95. The summed E-state index contributed by atoms with van der Waals surface area (Å²) in [5.41, 5.74) is 13.0. The van der Waals surface area contributed by atoms with E-state index in [1.807, 2.05) is 66.7 Å². The van der Waals surface area contributed by atoms with Gasteiger partial charge in [-0.15, -0.1) is 0 Å². The van der Waals surface area contributed by atoms with Gasteiger partial charge in [0.05, 0.1) is 5.56 Å². The normalized spacial score (nSPS) is 14.2. The van der Waals surface area contributed by atoms with E-state index in [-0.39, 0.29) is 5.56 Å². The zero-order valence-corrected chi connectivity index (χ0v) is 31.7. The molecule has 1 atom stereocenters. The second-order valence-corrected chi connectivity index (χ2v) is 15.5. The molecular weight excluding hydrogens is 729 g/mol. The zero-order chi connectivity index (χ0) is 39.9. The topological polar surface area (TPSA) is 101 Å². The first kappa shape index (κ1) is 34.5. The van der Waals surface area contributed by atoms with Crippen molar-refractivity contribution in [2.45, 2.75) is 12.3 Å². The molecule has 0 fully saturated rings. The highest BCUT2D eigenvalue weighted by Crippen LogP contribution is 2.58. The predicted molar refractivity (Wildman–Crippen MR) is 239 cm³/mol. The number of benzene rings is 9. The molecule has 1 unspecified atom stereocenters. The van der Waals surface area contributed by atoms with Gasteiger partial charge in [-0.3, -0.25) is 0 Å². The molecule has 9 aromatic carbocycles. The monoisotopic (exact) mass is 764 g/mol. The lowest BCUT2D eigenvalue weighted by atomic mass is 9.72. The third kappa shape index (κ3) is 5.25. The molecule has 0 radical (unpaired) electrons. The van der Waals surface area contributed by atoms with Crippen LogP contribution in [0.1, 0.15) is 23.5 Å². The Morgan fingerprint density at radius 1 is 0.373 bits per heavy atom. The van der Waals surface area contributed by atoms with Crippen LogP contribution in [-0.4, -0.2) is 25.5 Å². The minimum absolute atomic E-state index is 0.181. The average molecular weight is 765 g/mol. The first-order chi connectivity index (χ1) is 28.9. The largest absolute Gasteiger partial charge is 0.504 e. The molecule has 0 amide bonds. The van der Waals surface area contributed by atoms with Gasteiger partial charge in [0.1, 0.15) is 0 Å². The fraction of sp³-hybridized carbons (Fsp3) is 0.0370. The minimum atomic E-state index is -0.997. The van der Waals surface area contributed by atoms with Gasteiger partial charge < -0.3 is 25.5 Å². The maximum atomic E-state index is 11.3. The SMILES string of the molecule is Oc1c(O)c(O)c(-c2c3ccccc3c(-c3ccc4cc(-c5ccc6c(c5)C5=CC=CCC5c5ccccc5-6)ccc4c3)c3ccc(-c4ccccc4)cc23)c(O)c1O. The highest BCUT2D eigenvalue weighted by molar-refractivity contribution is 6.23. The van der Waals surface area contributed by atoms with Crippen molar-refractivity contribution in [3.05, 3.63) is 181 Å². The Kier molecular flexibility index (Phi) is 7.69. The summed E-state index contributed by atoms with van der Waals surface area (Å²) in [5, 5.41) is 59.6. The van der Waals surface area contributed by atoms with E-state index in [1.165, 1.54) is 33.4 Å². The van der Waals surface area contributed by atoms with E-state index in [0.717, 1.165) is 55.8 Å². The first-order valence-corrected chi connectivity index (χ1v) is 19.7. The summed E-state index contributed by atoms with van der Waals surface area (Å²) in [4.78, 5) is 0. The van der Waals surface area contributed by atoms with E-state index in [4.69, 9.17) is 0 Å². The second kappa shape index (κ2) is 13.2. The fourth-order valence-corrected chi connectivity index (χ4v) is 9.52. The first-order valence-electron chi connectivity index (χ1n) is 19.7. The molecular formula is C54H36O5. The Bertz CT molecular complexity index is 3270. The molecule has 0 heterocycles. The molecule has 9 aromatic rings. The van der Waals surface area contributed by atoms with Crippen molar-refractivity contribution >= 4 is 37.9 Å². The third-order valence-corrected chi connectivity index (χ3v) is 12.3. The highest BCUT2D eigenvalue weighted by Gasteiger charge is 2.30. The fourth-order valence-electron chi connectivity index (χ4n) is 9.52. The lowest BCUT2D eigenvalue weighted by Crippen LogP contribution is -2.11. The predicted octanol–water partition coefficient (Wildman–Crippen LogP) is 13.4. The number of hydrogen-bond donors (Lipinski definition) is 5. The van der Waals surface area contributed by atoms with Crippen LogP contribution in [0.3, 0.4) is 0 Å². The summed E-state index contributed by atoms with van der Waals surface area (Å²) >= 11 is 0. The smallest absolute Gasteiger partial charge is 0.208 e. The molecule has 59 heavy (non-hydrogen) atoms. The van der Waals surface area contributed by atoms with Crippen LogP contribution in [0.4, 0.5) is 0 Å². The van der Waals surface area contributed by atoms with Crippen molar-refractivity contribution in [1.29, 1.82) is 0 Å². The summed E-state index contributed by atoms with van der Waals surface area (Å²) in [6, 6.07) is 52.5. The van der Waals surface area contributed by atoms with Gasteiger partial charge in [-0.05, 0) is 124 Å². The van der Waals surface area contributed by atoms with Crippen molar-refractivity contribution in [1.82, 2.24) is 0 Å². The maximum absolute atomic E-state index is 11.3. The van der Waals surface area contributed by atoms with Gasteiger partial charge in [-0.1, -0.05) is 146 Å². The van der Waals surface area contributed by atoms with Crippen molar-refractivity contribution in [2.24, 2.45) is 0 Å². The van der Waals surface area contributed by atoms with E-state index >= 15 is 0 Å². The summed E-state index contributed by atoms with van der Waals surface area (Å²) in [6.45, 7) is 0. The Morgan fingerprint density at radius 2 is 0.949 bits per heavy atom. The van der Waals surface area contributed by atoms with Crippen molar-refractivity contribution in [3.8, 4) is 84.4 Å². The standard InChI is InChI=1S/C54H36O5/c55-50-49(51(56)53(58)54(59)52(50)57)48-43-17-9-8-16-42(43)47(44-25-23-34(29-46(44)48)30-10-2-1-3-11-30)36-21-20-31-26-32(18-19-33(31)27-36)35-22-24-41-39-14-5-4-12-37(39)38-13-6-7-15-40(38)45(41)28-35/h1-12,14-29,38,55-59H,13H2. The summed E-state index contributed by atoms with van der Waals surface area (Å²) in [7, 11) is 0. The van der Waals surface area contributed by atoms with Crippen LogP contribution in [0.25, 0.3) is 93.5 Å². The van der Waals surface area contributed by atoms with Gasteiger partial charge >= 0.3 is 0 Å². The number of hydrogen-bond acceptors (Lipinski definition) is 5. The molecule has 0 spiro atoms. The summed E-state index contributed by atoms with van der Waals surface area (Å²) in [6.07, 6.45) is 7.73. The van der Waals surface area contributed by atoms with E-state index < -0.39 is 28.7 Å². The molecule has 282 valence electrons. The van der Waals surface area contributed by atoms with Crippen LogP contribution in [0.15, 0.2) is 170 Å². The Morgan fingerprint density at radius 3 is 1.73 bits per heavy atom. The van der Waals surface area contributed by atoms with Crippen molar-refractivity contribution in [2.75, 3.05) is 0 Å². The van der Waals surface area contributed by atoms with Crippen molar-refractivity contribution < 1.29 is 25.5 Å². The number of phenolic OH excluding ortho intramolecular Hbond substituents is 5. The van der Waals surface area contributed by atoms with Gasteiger partial charge in [-0.2, -0.15) is 0 Å². The van der Waals surface area contributed by atoms with Crippen molar-refractivity contribution in [3.63, 3.8) is 0 Å². The van der Waals surface area contributed by atoms with E-state index in [2.05, 4.69) is 103 Å². The average Bonchev–Trinajstić information content (AvgIpc) is 3.29. The van der Waals surface area contributed by atoms with Gasteiger partial charge in [0.2, 0.25) is 17.2 Å². The van der Waals surface area contributed by atoms with Crippen LogP contribution in [0.5, 0.6) is 28.7 Å². The molecule has 0 aliphatic heterocycles. The number of allylic oxidation sites excluding steroid dienone is 4. The Hall–Kier alpha value is -7.76. The van der Waals surface area contributed by atoms with Crippen LogP contribution >= 0.6 is 0 Å². The molecule has 0 bridgehead atoms. The molecule has 0 saturated heterocycles. The van der Waals surface area contributed by atoms with Gasteiger partial charge in [0.15, 0.2) is 11.5 Å². The molecule has 5 N–H and O–H groups in total. The van der Waals surface area contributed by atoms with Gasteiger partial charge in [-0.25, -0.2) is 0 Å². The summed E-state index contributed by atoms with van der Waals surface area (Å²) < 4.78 is 0. The second-order valence-electron chi connectivity index (χ2n) is 15.5. The molecule has 0 aromatic heterocycles. The van der Waals surface area contributed by atoms with Gasteiger partial charge in [0, 0.05) is 11.5 Å². The Labute approximate surface area is 340 Å². The molecule has 2 aliphatic carbocycles. The molecule has 5 heteroatoms. The zero-order valence-electron chi connectivity index (χ0n) is 31.7. The minimum Gasteiger partial charge on any atom is -0.504 e. The van der Waals surface area contributed by atoms with Crippen LogP contribution in [0.2, 0.25) is 0 Å². The van der Waals surface area contributed by atoms with Gasteiger partial charge in [0.25, 0.3) is 0 Å². The van der Waals surface area contributed by atoms with Crippen LogP contribution < -0.4 is 0 Å². The Balaban J connectivity index is 1.09. The number of fused-ring (bicyclic) bond motifs is 9. The number of phenols is 5. The molecule has 0 saturated carbocycles. The third-order valence-electron chi connectivity index (χ3n) is 12.3. The number of aromatic hydroxyl groups is 5. The highest BCUT2D eigenvalue weighted by atomic mass is 16.4. The molecule has 11 rings (SSSR count). The lowest BCUT2D eigenvalue weighted by molar-refractivity contribution is 0.330. The quantitative estimate of drug-likeness (QED) is 0.0698. The van der Waals surface area contributed by atoms with E-state index in [0.29, 0.717) is 22.3 Å². The molecule has 5 nitrogen and oxygen atoms in total. The maximum Gasteiger partial charge on any atom is 0.208 e. The molecule has 2 aliphatic rings. The lowest BCUT2D eigenvalue weighted by Gasteiger charge is -2.32. The number of rotatable bonds is 4. The van der Waals surface area contributed by atoms with Crippen LogP contribution in [0, 0.1) is 0 Å². The van der Waals surface area contributed by atoms with E-state index in [9.17, 15) is 25.5 Å². The van der Waals surface area contributed by atoms with Crippen LogP contribution in [-0.2, 0) is 0 Å². The van der Waals surface area contributed by atoms with E-state index in [1.54, 1.807) is 0 Å².